The van der Waals surface area contributed by atoms with Crippen LogP contribution >= 0.6 is 0 Å². The van der Waals surface area contributed by atoms with Crippen molar-refractivity contribution < 1.29 is 0 Å². The number of rotatable bonds is 3. The first-order chi connectivity index (χ1) is 6.69. The second kappa shape index (κ2) is 5.19. The molecule has 0 aromatic rings. The van der Waals surface area contributed by atoms with E-state index in [1.807, 2.05) is 0 Å². The standard InChI is InChI=1S/C14H22/c1-5-7-13(6-2)14-10-11(3)8-9-12(14)4/h7-9,11H,5-6,10H2,1-4H3/b13-7-. The molecule has 0 aromatic heterocycles. The second-order valence-electron chi connectivity index (χ2n) is 4.19. The fourth-order valence-corrected chi connectivity index (χ4v) is 2.07. The molecule has 0 heteroatoms. The molecule has 1 unspecified atom stereocenters. The summed E-state index contributed by atoms with van der Waals surface area (Å²) >= 11 is 0. The van der Waals surface area contributed by atoms with Crippen LogP contribution in [-0.4, -0.2) is 0 Å². The van der Waals surface area contributed by atoms with Gasteiger partial charge in [0.2, 0.25) is 0 Å². The van der Waals surface area contributed by atoms with Crippen LogP contribution in [0.15, 0.2) is 34.9 Å². The zero-order chi connectivity index (χ0) is 10.6. The highest BCUT2D eigenvalue weighted by atomic mass is 14.2. The molecular formula is C14H22. The van der Waals surface area contributed by atoms with Gasteiger partial charge in [-0.15, -0.1) is 0 Å². The first-order valence-corrected chi connectivity index (χ1v) is 5.76. The largest absolute Gasteiger partial charge is 0.0813 e. The van der Waals surface area contributed by atoms with E-state index in [-0.39, 0.29) is 0 Å². The molecule has 0 aromatic carbocycles. The van der Waals surface area contributed by atoms with Crippen LogP contribution in [-0.2, 0) is 0 Å². The molecule has 0 N–H and O–H groups in total. The molecule has 1 aliphatic carbocycles. The first-order valence-electron chi connectivity index (χ1n) is 5.76. The Bertz CT molecular complexity index is 276. The van der Waals surface area contributed by atoms with Gasteiger partial charge < -0.3 is 0 Å². The highest BCUT2D eigenvalue weighted by molar-refractivity contribution is 5.41. The van der Waals surface area contributed by atoms with E-state index in [0.717, 1.165) is 6.42 Å². The maximum Gasteiger partial charge on any atom is -0.0213 e. The van der Waals surface area contributed by atoms with Crippen molar-refractivity contribution in [3.63, 3.8) is 0 Å². The molecule has 0 bridgehead atoms. The maximum absolute atomic E-state index is 2.38. The highest BCUT2D eigenvalue weighted by Gasteiger charge is 2.12. The van der Waals surface area contributed by atoms with Crippen molar-refractivity contribution >= 4 is 0 Å². The quantitative estimate of drug-likeness (QED) is 0.608. The number of hydrogen-bond acceptors (Lipinski definition) is 0. The van der Waals surface area contributed by atoms with Crippen molar-refractivity contribution in [2.45, 2.75) is 47.0 Å². The van der Waals surface area contributed by atoms with Crippen LogP contribution < -0.4 is 0 Å². The third-order valence-corrected chi connectivity index (χ3v) is 2.90. The third-order valence-electron chi connectivity index (χ3n) is 2.90. The van der Waals surface area contributed by atoms with Gasteiger partial charge in [-0.3, -0.25) is 0 Å². The van der Waals surface area contributed by atoms with Gasteiger partial charge in [0.05, 0.1) is 0 Å². The Balaban J connectivity index is 2.94. The first kappa shape index (κ1) is 11.3. The van der Waals surface area contributed by atoms with Crippen LogP contribution in [0.4, 0.5) is 0 Å². The molecule has 0 aliphatic heterocycles. The van der Waals surface area contributed by atoms with Crippen LogP contribution in [0.25, 0.3) is 0 Å². The normalized spacial score (nSPS) is 23.1. The van der Waals surface area contributed by atoms with E-state index in [0.29, 0.717) is 5.92 Å². The van der Waals surface area contributed by atoms with Crippen LogP contribution in [0, 0.1) is 5.92 Å². The average molecular weight is 190 g/mol. The zero-order valence-electron chi connectivity index (χ0n) is 9.93. The molecule has 0 amide bonds. The van der Waals surface area contributed by atoms with Crippen molar-refractivity contribution in [3.8, 4) is 0 Å². The Morgan fingerprint density at radius 1 is 1.50 bits per heavy atom. The van der Waals surface area contributed by atoms with Gasteiger partial charge in [-0.1, -0.05) is 39.0 Å². The summed E-state index contributed by atoms with van der Waals surface area (Å²) in [6.07, 6.45) is 10.5. The van der Waals surface area contributed by atoms with E-state index in [1.54, 1.807) is 11.1 Å². The van der Waals surface area contributed by atoms with Crippen molar-refractivity contribution in [1.82, 2.24) is 0 Å². The molecule has 0 spiro atoms. The molecule has 0 saturated heterocycles. The van der Waals surface area contributed by atoms with Gasteiger partial charge in [-0.2, -0.15) is 0 Å². The van der Waals surface area contributed by atoms with Crippen molar-refractivity contribution in [2.75, 3.05) is 0 Å². The van der Waals surface area contributed by atoms with Gasteiger partial charge in [0, 0.05) is 0 Å². The van der Waals surface area contributed by atoms with Gasteiger partial charge >= 0.3 is 0 Å². The Morgan fingerprint density at radius 2 is 2.21 bits per heavy atom. The molecule has 0 radical (unpaired) electrons. The minimum absolute atomic E-state index is 0.709. The highest BCUT2D eigenvalue weighted by Crippen LogP contribution is 2.30. The average Bonchev–Trinajstić information content (AvgIpc) is 2.18. The molecule has 0 fully saturated rings. The Morgan fingerprint density at radius 3 is 2.79 bits per heavy atom. The van der Waals surface area contributed by atoms with E-state index in [4.69, 9.17) is 0 Å². The van der Waals surface area contributed by atoms with Crippen LogP contribution in [0.3, 0.4) is 0 Å². The van der Waals surface area contributed by atoms with Crippen molar-refractivity contribution in [2.24, 2.45) is 5.92 Å². The minimum Gasteiger partial charge on any atom is -0.0813 e. The van der Waals surface area contributed by atoms with Crippen LogP contribution in [0.2, 0.25) is 0 Å². The van der Waals surface area contributed by atoms with Gasteiger partial charge in [-0.05, 0) is 48.8 Å². The smallest absolute Gasteiger partial charge is 0.0213 e. The lowest BCUT2D eigenvalue weighted by Gasteiger charge is -2.20. The Hall–Kier alpha value is -0.780. The molecule has 0 nitrogen and oxygen atoms in total. The molecule has 1 rings (SSSR count). The fraction of sp³-hybridized carbons (Fsp3) is 0.571. The summed E-state index contributed by atoms with van der Waals surface area (Å²) in [7, 11) is 0. The van der Waals surface area contributed by atoms with E-state index in [1.165, 1.54) is 18.4 Å². The molecule has 1 aliphatic rings. The monoisotopic (exact) mass is 190 g/mol. The lowest BCUT2D eigenvalue weighted by atomic mass is 9.85. The van der Waals surface area contributed by atoms with E-state index in [9.17, 15) is 0 Å². The van der Waals surface area contributed by atoms with E-state index >= 15 is 0 Å². The predicted molar refractivity (Wildman–Crippen MR) is 64.3 cm³/mol. The summed E-state index contributed by atoms with van der Waals surface area (Å²) in [5, 5.41) is 0. The minimum atomic E-state index is 0.709. The van der Waals surface area contributed by atoms with Crippen molar-refractivity contribution in [3.05, 3.63) is 34.9 Å². The van der Waals surface area contributed by atoms with Gasteiger partial charge in [-0.25, -0.2) is 0 Å². The molecule has 0 saturated carbocycles. The summed E-state index contributed by atoms with van der Waals surface area (Å²) in [5.74, 6) is 0.709. The van der Waals surface area contributed by atoms with Gasteiger partial charge in [0.1, 0.15) is 0 Å². The van der Waals surface area contributed by atoms with Gasteiger partial charge in [0.25, 0.3) is 0 Å². The van der Waals surface area contributed by atoms with Gasteiger partial charge in [0.15, 0.2) is 0 Å². The molecular weight excluding hydrogens is 168 g/mol. The Kier molecular flexibility index (Phi) is 4.19. The molecule has 78 valence electrons. The van der Waals surface area contributed by atoms with Crippen molar-refractivity contribution in [1.29, 1.82) is 0 Å². The lowest BCUT2D eigenvalue weighted by molar-refractivity contribution is 0.699. The molecule has 1 atom stereocenters. The third kappa shape index (κ3) is 2.60. The summed E-state index contributed by atoms with van der Waals surface area (Å²) in [6, 6.07) is 0. The number of hydrogen-bond donors (Lipinski definition) is 0. The number of allylic oxidation sites excluding steroid dienone is 6. The maximum atomic E-state index is 2.38. The van der Waals surface area contributed by atoms with Crippen LogP contribution in [0.5, 0.6) is 0 Å². The summed E-state index contributed by atoms with van der Waals surface area (Å²) in [6.45, 7) is 9.00. The molecule has 0 heterocycles. The SMILES string of the molecule is CC/C=C(/CC)C1=C(C)C=CC(C)C1. The Labute approximate surface area is 88.4 Å². The van der Waals surface area contributed by atoms with E-state index < -0.39 is 0 Å². The summed E-state index contributed by atoms with van der Waals surface area (Å²) in [4.78, 5) is 0. The lowest BCUT2D eigenvalue weighted by Crippen LogP contribution is -2.03. The summed E-state index contributed by atoms with van der Waals surface area (Å²) < 4.78 is 0. The fourth-order valence-electron chi connectivity index (χ4n) is 2.07. The zero-order valence-corrected chi connectivity index (χ0v) is 9.93. The second-order valence-corrected chi connectivity index (χ2v) is 4.19. The molecule has 14 heavy (non-hydrogen) atoms. The topological polar surface area (TPSA) is 0 Å². The predicted octanol–water partition coefficient (Wildman–Crippen LogP) is 4.65. The van der Waals surface area contributed by atoms with E-state index in [2.05, 4.69) is 45.9 Å². The van der Waals surface area contributed by atoms with Crippen LogP contribution in [0.1, 0.15) is 47.0 Å². The summed E-state index contributed by atoms with van der Waals surface area (Å²) in [5.41, 5.74) is 4.61.